The van der Waals surface area contributed by atoms with E-state index in [0.29, 0.717) is 34.0 Å². The highest BCUT2D eigenvalue weighted by Gasteiger charge is 2.19. The molecular weight excluding hydrogens is 356 g/mol. The number of anilines is 2. The average Bonchev–Trinajstić information content (AvgIpc) is 2.64. The summed E-state index contributed by atoms with van der Waals surface area (Å²) in [4.78, 5) is 25.2. The first-order valence-electron chi connectivity index (χ1n) is 7.99. The van der Waals surface area contributed by atoms with Crippen LogP contribution in [0.3, 0.4) is 0 Å². The van der Waals surface area contributed by atoms with Gasteiger partial charge in [0, 0.05) is 17.0 Å². The number of benzene rings is 2. The smallest absolute Gasteiger partial charge is 0.362 e. The summed E-state index contributed by atoms with van der Waals surface area (Å²) >= 11 is 5.98. The number of carbonyl (C=O) groups excluding carboxylic acids is 1. The zero-order valence-corrected chi connectivity index (χ0v) is 15.0. The van der Waals surface area contributed by atoms with E-state index < -0.39 is 11.5 Å². The van der Waals surface area contributed by atoms with Crippen LogP contribution in [-0.2, 0) is 0 Å². The number of carbonyl (C=O) groups is 1. The van der Waals surface area contributed by atoms with Crippen LogP contribution in [0.15, 0.2) is 51.7 Å². The molecule has 0 aliphatic carbocycles. The normalized spacial score (nSPS) is 10.6. The summed E-state index contributed by atoms with van der Waals surface area (Å²) in [6, 6.07) is 11.8. The molecule has 0 saturated carbocycles. The van der Waals surface area contributed by atoms with Crippen LogP contribution in [0.5, 0.6) is 5.75 Å². The maximum atomic E-state index is 12.7. The van der Waals surface area contributed by atoms with Crippen molar-refractivity contribution < 1.29 is 13.9 Å². The van der Waals surface area contributed by atoms with Gasteiger partial charge in [0.05, 0.1) is 18.4 Å². The monoisotopic (exact) mass is 372 g/mol. The lowest BCUT2D eigenvalue weighted by molar-refractivity contribution is 0.102. The second kappa shape index (κ2) is 7.49. The zero-order chi connectivity index (χ0) is 18.7. The van der Waals surface area contributed by atoms with Crippen molar-refractivity contribution in [3.05, 3.63) is 63.5 Å². The van der Waals surface area contributed by atoms with Crippen LogP contribution in [0.1, 0.15) is 17.3 Å². The highest BCUT2D eigenvalue weighted by Crippen LogP contribution is 2.30. The van der Waals surface area contributed by atoms with Crippen molar-refractivity contribution >= 4 is 39.9 Å². The molecule has 0 bridgehead atoms. The predicted molar refractivity (Wildman–Crippen MR) is 103 cm³/mol. The standard InChI is InChI=1S/C19H17ClN2O4/c1-3-21-16-12-6-4-5-7-15(12)26-19(24)17(16)22-18(23)13-10-11(20)8-9-14(13)25-2/h4-10,21H,3H2,1-2H3,(H,22,23). The van der Waals surface area contributed by atoms with Gasteiger partial charge in [0.1, 0.15) is 11.3 Å². The molecule has 2 N–H and O–H groups in total. The molecule has 0 atom stereocenters. The number of fused-ring (bicyclic) bond motifs is 1. The number of methoxy groups -OCH3 is 1. The van der Waals surface area contributed by atoms with Crippen molar-refractivity contribution in [3.8, 4) is 5.75 Å². The molecule has 0 saturated heterocycles. The number of ether oxygens (including phenoxy) is 1. The number of hydrogen-bond donors (Lipinski definition) is 2. The minimum absolute atomic E-state index is 0.0394. The van der Waals surface area contributed by atoms with E-state index in [9.17, 15) is 9.59 Å². The summed E-state index contributed by atoms with van der Waals surface area (Å²) in [6.07, 6.45) is 0. The van der Waals surface area contributed by atoms with E-state index in [-0.39, 0.29) is 11.3 Å². The Morgan fingerprint density at radius 2 is 1.96 bits per heavy atom. The topological polar surface area (TPSA) is 80.6 Å². The minimum atomic E-state index is -0.644. The predicted octanol–water partition coefficient (Wildman–Crippen LogP) is 4.14. The van der Waals surface area contributed by atoms with Crippen molar-refractivity contribution in [2.75, 3.05) is 24.3 Å². The molecule has 1 amide bonds. The lowest BCUT2D eigenvalue weighted by atomic mass is 10.1. The van der Waals surface area contributed by atoms with Gasteiger partial charge in [0.2, 0.25) is 0 Å². The van der Waals surface area contributed by atoms with E-state index in [1.807, 2.05) is 19.1 Å². The fourth-order valence-electron chi connectivity index (χ4n) is 2.66. The lowest BCUT2D eigenvalue weighted by Gasteiger charge is -2.14. The van der Waals surface area contributed by atoms with Crippen molar-refractivity contribution in [2.45, 2.75) is 6.92 Å². The van der Waals surface area contributed by atoms with E-state index in [0.717, 1.165) is 0 Å². The minimum Gasteiger partial charge on any atom is -0.496 e. The Morgan fingerprint density at radius 1 is 1.19 bits per heavy atom. The summed E-state index contributed by atoms with van der Waals surface area (Å²) in [6.45, 7) is 2.46. The lowest BCUT2D eigenvalue weighted by Crippen LogP contribution is -2.20. The Labute approximate surface area is 154 Å². The van der Waals surface area contributed by atoms with Crippen LogP contribution in [0.2, 0.25) is 5.02 Å². The zero-order valence-electron chi connectivity index (χ0n) is 14.3. The molecule has 7 heteroatoms. The van der Waals surface area contributed by atoms with Crippen molar-refractivity contribution in [1.29, 1.82) is 0 Å². The maximum absolute atomic E-state index is 12.7. The second-order valence-corrected chi connectivity index (χ2v) is 5.90. The fraction of sp³-hybridized carbons (Fsp3) is 0.158. The third kappa shape index (κ3) is 3.36. The van der Waals surface area contributed by atoms with Crippen LogP contribution in [0.25, 0.3) is 11.0 Å². The van der Waals surface area contributed by atoms with Crippen LogP contribution in [0.4, 0.5) is 11.4 Å². The molecule has 2 aromatic carbocycles. The van der Waals surface area contributed by atoms with Gasteiger partial charge in [-0.2, -0.15) is 0 Å². The fourth-order valence-corrected chi connectivity index (χ4v) is 2.83. The summed E-state index contributed by atoms with van der Waals surface area (Å²) in [5, 5.41) is 6.83. The van der Waals surface area contributed by atoms with Crippen molar-refractivity contribution in [2.24, 2.45) is 0 Å². The Morgan fingerprint density at radius 3 is 2.69 bits per heavy atom. The molecule has 3 aromatic rings. The molecule has 3 rings (SSSR count). The second-order valence-electron chi connectivity index (χ2n) is 5.46. The van der Waals surface area contributed by atoms with Gasteiger partial charge in [-0.25, -0.2) is 4.79 Å². The summed E-state index contributed by atoms with van der Waals surface area (Å²) in [5.41, 5.74) is 0.557. The summed E-state index contributed by atoms with van der Waals surface area (Å²) in [5.74, 6) is -0.173. The quantitative estimate of drug-likeness (QED) is 0.658. The van der Waals surface area contributed by atoms with Gasteiger partial charge in [-0.15, -0.1) is 0 Å². The molecule has 134 valence electrons. The van der Waals surface area contributed by atoms with Crippen molar-refractivity contribution in [3.63, 3.8) is 0 Å². The first-order chi connectivity index (χ1) is 12.5. The highest BCUT2D eigenvalue weighted by molar-refractivity contribution is 6.31. The van der Waals surface area contributed by atoms with Gasteiger partial charge in [-0.1, -0.05) is 23.7 Å². The van der Waals surface area contributed by atoms with E-state index >= 15 is 0 Å². The molecular formula is C19H17ClN2O4. The Balaban J connectivity index is 2.10. The number of halogens is 1. The van der Waals surface area contributed by atoms with E-state index in [1.54, 1.807) is 24.3 Å². The Bertz CT molecular complexity index is 1030. The van der Waals surface area contributed by atoms with Crippen LogP contribution in [0, 0.1) is 0 Å². The molecule has 0 radical (unpaired) electrons. The first-order valence-corrected chi connectivity index (χ1v) is 8.37. The largest absolute Gasteiger partial charge is 0.496 e. The van der Waals surface area contributed by atoms with Gasteiger partial charge in [0.15, 0.2) is 5.69 Å². The molecule has 1 heterocycles. The van der Waals surface area contributed by atoms with Crippen LogP contribution >= 0.6 is 11.6 Å². The van der Waals surface area contributed by atoms with Gasteiger partial charge in [-0.05, 0) is 37.3 Å². The number of hydrogen-bond acceptors (Lipinski definition) is 5. The average molecular weight is 373 g/mol. The number of para-hydroxylation sites is 1. The summed E-state index contributed by atoms with van der Waals surface area (Å²) in [7, 11) is 1.45. The van der Waals surface area contributed by atoms with Crippen molar-refractivity contribution in [1.82, 2.24) is 0 Å². The molecule has 0 aliphatic heterocycles. The number of rotatable bonds is 5. The molecule has 0 aliphatic rings. The molecule has 0 fully saturated rings. The van der Waals surface area contributed by atoms with Gasteiger partial charge in [0.25, 0.3) is 5.91 Å². The summed E-state index contributed by atoms with van der Waals surface area (Å²) < 4.78 is 10.5. The molecule has 0 spiro atoms. The first kappa shape index (κ1) is 17.8. The molecule has 26 heavy (non-hydrogen) atoms. The van der Waals surface area contributed by atoms with Crippen LogP contribution < -0.4 is 21.0 Å². The van der Waals surface area contributed by atoms with E-state index in [2.05, 4.69) is 10.6 Å². The Hall–Kier alpha value is -2.99. The number of nitrogens with one attached hydrogen (secondary N) is 2. The Kier molecular flexibility index (Phi) is 5.14. The maximum Gasteiger partial charge on any atom is 0.362 e. The van der Waals surface area contributed by atoms with E-state index in [4.69, 9.17) is 20.8 Å². The van der Waals surface area contributed by atoms with Gasteiger partial charge < -0.3 is 19.8 Å². The highest BCUT2D eigenvalue weighted by atomic mass is 35.5. The molecule has 6 nitrogen and oxygen atoms in total. The number of amides is 1. The third-order valence-electron chi connectivity index (χ3n) is 3.81. The van der Waals surface area contributed by atoms with E-state index in [1.165, 1.54) is 13.2 Å². The van der Waals surface area contributed by atoms with Gasteiger partial charge in [-0.3, -0.25) is 4.79 Å². The molecule has 1 aromatic heterocycles. The van der Waals surface area contributed by atoms with Gasteiger partial charge >= 0.3 is 5.63 Å². The molecule has 0 unspecified atom stereocenters. The third-order valence-corrected chi connectivity index (χ3v) is 4.05. The SMILES string of the molecule is CCNc1c(NC(=O)c2cc(Cl)ccc2OC)c(=O)oc2ccccc12. The van der Waals surface area contributed by atoms with Crippen LogP contribution in [-0.4, -0.2) is 19.6 Å².